The summed E-state index contributed by atoms with van der Waals surface area (Å²) in [6.07, 6.45) is 0. The highest BCUT2D eigenvalue weighted by Crippen LogP contribution is 2.31. The maximum atomic E-state index is 5.59. The second-order valence-corrected chi connectivity index (χ2v) is 10.9. The van der Waals surface area contributed by atoms with E-state index in [9.17, 15) is 0 Å². The van der Waals surface area contributed by atoms with E-state index in [1.807, 2.05) is 18.2 Å². The molecule has 0 bridgehead atoms. The van der Waals surface area contributed by atoms with Crippen LogP contribution in [0, 0.1) is 11.5 Å². The predicted molar refractivity (Wildman–Crippen MR) is 84.2 cm³/mol. The minimum absolute atomic E-state index is 0.337. The van der Waals surface area contributed by atoms with Gasteiger partial charge < -0.3 is 9.15 Å². The van der Waals surface area contributed by atoms with Crippen LogP contribution in [-0.2, 0) is 0 Å². The molecule has 0 aliphatic heterocycles. The van der Waals surface area contributed by atoms with Crippen LogP contribution >= 0.6 is 15.9 Å². The minimum atomic E-state index is -1.46. The molecule has 6 heteroatoms. The molecule has 2 rings (SSSR count). The van der Waals surface area contributed by atoms with E-state index in [2.05, 4.69) is 57.2 Å². The zero-order chi connectivity index (χ0) is 14.8. The Morgan fingerprint density at radius 1 is 1.25 bits per heavy atom. The van der Waals surface area contributed by atoms with Gasteiger partial charge in [-0.05, 0) is 24.1 Å². The highest BCUT2D eigenvalue weighted by Gasteiger charge is 2.14. The van der Waals surface area contributed by atoms with Crippen LogP contribution in [0.25, 0.3) is 11.5 Å². The van der Waals surface area contributed by atoms with Crippen LogP contribution in [0.1, 0.15) is 5.89 Å². The summed E-state index contributed by atoms with van der Waals surface area (Å²) in [4.78, 5) is 0. The van der Waals surface area contributed by atoms with E-state index in [0.29, 0.717) is 17.5 Å². The van der Waals surface area contributed by atoms with Crippen molar-refractivity contribution in [1.29, 1.82) is 0 Å². The molecule has 0 amide bonds. The fourth-order valence-corrected chi connectivity index (χ4v) is 2.31. The fourth-order valence-electron chi connectivity index (χ4n) is 1.47. The van der Waals surface area contributed by atoms with Crippen molar-refractivity contribution in [2.24, 2.45) is 0 Å². The maximum absolute atomic E-state index is 5.59. The number of aromatic nitrogens is 2. The number of nitrogens with zero attached hydrogens (tertiary/aromatic N) is 2. The number of ether oxygens (including phenoxy) is 1. The molecule has 104 valence electrons. The van der Waals surface area contributed by atoms with Crippen LogP contribution in [0.15, 0.2) is 27.1 Å². The van der Waals surface area contributed by atoms with Crippen molar-refractivity contribution in [2.45, 2.75) is 19.6 Å². The van der Waals surface area contributed by atoms with Gasteiger partial charge in [-0.3, -0.25) is 0 Å². The van der Waals surface area contributed by atoms with Gasteiger partial charge in [-0.1, -0.05) is 40.7 Å². The van der Waals surface area contributed by atoms with Gasteiger partial charge in [-0.2, -0.15) is 0 Å². The Morgan fingerprint density at radius 2 is 2.00 bits per heavy atom. The van der Waals surface area contributed by atoms with E-state index >= 15 is 0 Å². The van der Waals surface area contributed by atoms with Gasteiger partial charge >= 0.3 is 0 Å². The third-order valence-corrected chi connectivity index (χ3v) is 3.73. The van der Waals surface area contributed by atoms with E-state index in [1.54, 1.807) is 7.11 Å². The fraction of sp³-hybridized carbons (Fsp3) is 0.286. The summed E-state index contributed by atoms with van der Waals surface area (Å²) in [5.41, 5.74) is 3.94. The van der Waals surface area contributed by atoms with Gasteiger partial charge in [0.05, 0.1) is 12.7 Å². The van der Waals surface area contributed by atoms with Crippen molar-refractivity contribution in [3.8, 4) is 28.7 Å². The van der Waals surface area contributed by atoms with Crippen LogP contribution in [0.2, 0.25) is 19.6 Å². The lowest BCUT2D eigenvalue weighted by Gasteiger charge is -2.04. The Balaban J connectivity index is 2.38. The van der Waals surface area contributed by atoms with Crippen LogP contribution in [0.4, 0.5) is 0 Å². The summed E-state index contributed by atoms with van der Waals surface area (Å²) in [6, 6.07) is 5.61. The third-order valence-electron chi connectivity index (χ3n) is 2.36. The zero-order valence-corrected chi connectivity index (χ0v) is 14.4. The van der Waals surface area contributed by atoms with E-state index in [4.69, 9.17) is 9.15 Å². The molecule has 2 aromatic rings. The molecule has 20 heavy (non-hydrogen) atoms. The molecule has 1 aromatic carbocycles. The summed E-state index contributed by atoms with van der Waals surface area (Å²) in [5.74, 6) is 4.37. The van der Waals surface area contributed by atoms with Crippen molar-refractivity contribution in [2.75, 3.05) is 7.11 Å². The second-order valence-electron chi connectivity index (χ2n) is 5.26. The number of methoxy groups -OCH3 is 1. The Hall–Kier alpha value is -1.58. The summed E-state index contributed by atoms with van der Waals surface area (Å²) in [5, 5.41) is 7.99. The average Bonchev–Trinajstić information content (AvgIpc) is 2.84. The number of benzene rings is 1. The molecule has 1 heterocycles. The van der Waals surface area contributed by atoms with Crippen LogP contribution in [0.3, 0.4) is 0 Å². The number of hydrogen-bond donors (Lipinski definition) is 0. The first-order valence-corrected chi connectivity index (χ1v) is 10.4. The second kappa shape index (κ2) is 5.81. The Kier molecular flexibility index (Phi) is 4.31. The molecule has 0 unspecified atom stereocenters. The quantitative estimate of drug-likeness (QED) is 0.611. The summed E-state index contributed by atoms with van der Waals surface area (Å²) in [6.45, 7) is 6.48. The van der Waals surface area contributed by atoms with E-state index < -0.39 is 8.07 Å². The maximum Gasteiger partial charge on any atom is 0.293 e. The molecule has 4 nitrogen and oxygen atoms in total. The van der Waals surface area contributed by atoms with Crippen LogP contribution in [-0.4, -0.2) is 25.4 Å². The summed E-state index contributed by atoms with van der Waals surface area (Å²) < 4.78 is 11.8. The molecule has 0 atom stereocenters. The van der Waals surface area contributed by atoms with E-state index in [1.165, 1.54) is 0 Å². The Bertz CT molecular complexity index is 680. The first kappa shape index (κ1) is 14.8. The van der Waals surface area contributed by atoms with Gasteiger partial charge in [0.15, 0.2) is 0 Å². The number of hydrogen-bond acceptors (Lipinski definition) is 4. The monoisotopic (exact) mass is 350 g/mol. The summed E-state index contributed by atoms with van der Waals surface area (Å²) in [7, 11) is 0.148. The van der Waals surface area contributed by atoms with E-state index in [-0.39, 0.29) is 0 Å². The largest absolute Gasteiger partial charge is 0.496 e. The predicted octanol–water partition coefficient (Wildman–Crippen LogP) is 3.74. The molecule has 1 aromatic heterocycles. The van der Waals surface area contributed by atoms with Gasteiger partial charge in [0.2, 0.25) is 0 Å². The minimum Gasteiger partial charge on any atom is -0.496 e. The van der Waals surface area contributed by atoms with E-state index in [0.717, 1.165) is 10.0 Å². The van der Waals surface area contributed by atoms with Crippen molar-refractivity contribution in [3.05, 3.63) is 28.6 Å². The molecule has 0 aliphatic rings. The van der Waals surface area contributed by atoms with Crippen LogP contribution < -0.4 is 4.74 Å². The highest BCUT2D eigenvalue weighted by atomic mass is 79.9. The molecule has 0 aliphatic carbocycles. The third kappa shape index (κ3) is 3.71. The lowest BCUT2D eigenvalue weighted by Crippen LogP contribution is -2.16. The lowest BCUT2D eigenvalue weighted by molar-refractivity contribution is 0.414. The zero-order valence-electron chi connectivity index (χ0n) is 11.8. The molecule has 0 saturated carbocycles. The first-order valence-electron chi connectivity index (χ1n) is 6.09. The average molecular weight is 351 g/mol. The number of rotatable bonds is 2. The van der Waals surface area contributed by atoms with Gasteiger partial charge in [0.25, 0.3) is 11.8 Å². The van der Waals surface area contributed by atoms with Gasteiger partial charge in [-0.25, -0.2) is 0 Å². The smallest absolute Gasteiger partial charge is 0.293 e. The Morgan fingerprint density at radius 3 is 2.65 bits per heavy atom. The van der Waals surface area contributed by atoms with Gasteiger partial charge in [0, 0.05) is 4.47 Å². The van der Waals surface area contributed by atoms with Crippen LogP contribution in [0.5, 0.6) is 5.75 Å². The molecule has 0 saturated heterocycles. The highest BCUT2D eigenvalue weighted by molar-refractivity contribution is 9.10. The van der Waals surface area contributed by atoms with Crippen molar-refractivity contribution in [3.63, 3.8) is 0 Å². The van der Waals surface area contributed by atoms with Gasteiger partial charge in [0.1, 0.15) is 13.8 Å². The number of halogens is 1. The van der Waals surface area contributed by atoms with Gasteiger partial charge in [-0.15, -0.1) is 10.6 Å². The standard InChI is InChI=1S/C14H15BrN2O2Si/c1-18-12-6-5-10(15)9-11(12)14-17-16-13(19-14)7-8-20(2,3)4/h5-6,9H,1-4H3. The lowest BCUT2D eigenvalue weighted by atomic mass is 10.2. The topological polar surface area (TPSA) is 48.2 Å². The SMILES string of the molecule is COc1ccc(Br)cc1-c1nnc(C#C[Si](C)(C)C)o1. The molecule has 0 spiro atoms. The molecular weight excluding hydrogens is 336 g/mol. The molecular formula is C14H15BrN2O2Si. The molecule has 0 N–H and O–H groups in total. The molecule has 0 radical (unpaired) electrons. The summed E-state index contributed by atoms with van der Waals surface area (Å²) >= 11 is 3.42. The van der Waals surface area contributed by atoms with Crippen molar-refractivity contribution in [1.82, 2.24) is 10.2 Å². The molecule has 0 fully saturated rings. The Labute approximate surface area is 127 Å². The van der Waals surface area contributed by atoms with Crippen molar-refractivity contribution >= 4 is 24.0 Å². The van der Waals surface area contributed by atoms with Crippen molar-refractivity contribution < 1.29 is 9.15 Å². The normalized spacial score (nSPS) is 10.8. The first-order chi connectivity index (χ1) is 9.39.